The van der Waals surface area contributed by atoms with Crippen LogP contribution >= 0.6 is 0 Å². The fourth-order valence-corrected chi connectivity index (χ4v) is 2.85. The number of benzene rings is 1. The zero-order chi connectivity index (χ0) is 14.3. The zero-order valence-electron chi connectivity index (χ0n) is 11.2. The molecule has 1 aromatic heterocycles. The summed E-state index contributed by atoms with van der Waals surface area (Å²) < 4.78 is 1.83. The summed E-state index contributed by atoms with van der Waals surface area (Å²) >= 11 is 0. The summed E-state index contributed by atoms with van der Waals surface area (Å²) in [6.07, 6.45) is 0.918. The van der Waals surface area contributed by atoms with Crippen molar-refractivity contribution in [2.75, 3.05) is 5.73 Å². The summed E-state index contributed by atoms with van der Waals surface area (Å²) in [6.45, 7) is 2.78. The van der Waals surface area contributed by atoms with E-state index in [1.165, 1.54) is 0 Å². The summed E-state index contributed by atoms with van der Waals surface area (Å²) in [4.78, 5) is 15.3. The molecule has 0 fully saturated rings. The molecular weight excluding hydrogens is 256 g/mol. The zero-order valence-corrected chi connectivity index (χ0v) is 11.2. The van der Waals surface area contributed by atoms with Crippen LogP contribution in [0.1, 0.15) is 46.9 Å². The highest BCUT2D eigenvalue weighted by Crippen LogP contribution is 2.35. The molecule has 0 spiro atoms. The van der Waals surface area contributed by atoms with Gasteiger partial charge in [0.05, 0.1) is 5.56 Å². The van der Waals surface area contributed by atoms with Crippen molar-refractivity contribution >= 4 is 11.9 Å². The lowest BCUT2D eigenvalue weighted by Gasteiger charge is -2.27. The predicted octanol–water partition coefficient (Wildman–Crippen LogP) is 1.85. The number of carboxylic acids is 1. The highest BCUT2D eigenvalue weighted by atomic mass is 16.4. The second-order valence-corrected chi connectivity index (χ2v) is 5.27. The van der Waals surface area contributed by atoms with Crippen LogP contribution in [0.5, 0.6) is 0 Å². The second kappa shape index (κ2) is 4.63. The van der Waals surface area contributed by atoms with Gasteiger partial charge in [-0.3, -0.25) is 0 Å². The Labute approximate surface area is 116 Å². The van der Waals surface area contributed by atoms with Gasteiger partial charge in [-0.25, -0.2) is 9.48 Å². The summed E-state index contributed by atoms with van der Waals surface area (Å²) in [5.41, 5.74) is 6.99. The molecule has 2 heterocycles. The van der Waals surface area contributed by atoms with Gasteiger partial charge in [-0.1, -0.05) is 19.1 Å². The first kappa shape index (κ1) is 12.7. The molecule has 1 aromatic carbocycles. The number of carboxylic acid groups (broad SMARTS) is 1. The van der Waals surface area contributed by atoms with Gasteiger partial charge >= 0.3 is 5.97 Å². The molecule has 6 nitrogen and oxygen atoms in total. The van der Waals surface area contributed by atoms with Crippen LogP contribution in [0.3, 0.4) is 0 Å². The van der Waals surface area contributed by atoms with Crippen molar-refractivity contribution in [3.05, 3.63) is 41.2 Å². The Morgan fingerprint density at radius 1 is 1.50 bits per heavy atom. The highest BCUT2D eigenvalue weighted by Gasteiger charge is 2.28. The van der Waals surface area contributed by atoms with Gasteiger partial charge in [0.25, 0.3) is 0 Å². The van der Waals surface area contributed by atoms with Crippen molar-refractivity contribution in [1.82, 2.24) is 14.8 Å². The second-order valence-electron chi connectivity index (χ2n) is 5.27. The third-order valence-electron chi connectivity index (χ3n) is 3.79. The van der Waals surface area contributed by atoms with Crippen molar-refractivity contribution in [3.63, 3.8) is 0 Å². The Morgan fingerprint density at radius 3 is 3.05 bits per heavy atom. The fourth-order valence-electron chi connectivity index (χ4n) is 2.85. The third kappa shape index (κ3) is 2.13. The van der Waals surface area contributed by atoms with E-state index in [2.05, 4.69) is 17.0 Å². The minimum absolute atomic E-state index is 0.234. The first-order valence-corrected chi connectivity index (χ1v) is 6.58. The van der Waals surface area contributed by atoms with E-state index >= 15 is 0 Å². The topological polar surface area (TPSA) is 94.0 Å². The molecule has 1 aliphatic heterocycles. The number of hydrogen-bond donors (Lipinski definition) is 2. The molecule has 3 rings (SSSR count). The van der Waals surface area contributed by atoms with Crippen LogP contribution in [0.15, 0.2) is 24.3 Å². The summed E-state index contributed by atoms with van der Waals surface area (Å²) in [6, 6.07) is 7.10. The van der Waals surface area contributed by atoms with Crippen LogP contribution < -0.4 is 5.73 Å². The molecule has 0 saturated carbocycles. The molecule has 0 saturated heterocycles. The maximum Gasteiger partial charge on any atom is 0.335 e. The van der Waals surface area contributed by atoms with Gasteiger partial charge in [-0.2, -0.15) is 4.98 Å². The van der Waals surface area contributed by atoms with Gasteiger partial charge in [0.1, 0.15) is 5.82 Å². The summed E-state index contributed by atoms with van der Waals surface area (Å²) in [7, 11) is 0. The Balaban J connectivity index is 1.93. The molecule has 3 N–H and O–H groups in total. The SMILES string of the molecule is CC1CC(c2cccc(C(=O)O)c2)Cn2nc(N)nc21. The summed E-state index contributed by atoms with van der Waals surface area (Å²) in [5, 5.41) is 13.3. The number of rotatable bonds is 2. The van der Waals surface area contributed by atoms with Crippen molar-refractivity contribution in [2.24, 2.45) is 0 Å². The van der Waals surface area contributed by atoms with Crippen LogP contribution in [0.4, 0.5) is 5.95 Å². The Morgan fingerprint density at radius 2 is 2.30 bits per heavy atom. The molecule has 2 unspecified atom stereocenters. The molecule has 0 aliphatic carbocycles. The van der Waals surface area contributed by atoms with Crippen LogP contribution in [0.2, 0.25) is 0 Å². The average molecular weight is 272 g/mol. The van der Waals surface area contributed by atoms with Crippen molar-refractivity contribution in [3.8, 4) is 0 Å². The lowest BCUT2D eigenvalue weighted by molar-refractivity contribution is 0.0696. The van der Waals surface area contributed by atoms with Crippen molar-refractivity contribution in [2.45, 2.75) is 31.7 Å². The van der Waals surface area contributed by atoms with E-state index in [4.69, 9.17) is 10.8 Å². The minimum atomic E-state index is -0.901. The molecule has 20 heavy (non-hydrogen) atoms. The van der Waals surface area contributed by atoms with Gasteiger partial charge in [-0.05, 0) is 24.1 Å². The number of carbonyl (C=O) groups is 1. The van der Waals surface area contributed by atoms with E-state index in [1.54, 1.807) is 18.2 Å². The van der Waals surface area contributed by atoms with E-state index in [0.29, 0.717) is 18.1 Å². The number of anilines is 1. The largest absolute Gasteiger partial charge is 0.478 e. The van der Waals surface area contributed by atoms with Crippen LogP contribution in [0.25, 0.3) is 0 Å². The van der Waals surface area contributed by atoms with E-state index in [-0.39, 0.29) is 11.8 Å². The van der Waals surface area contributed by atoms with E-state index < -0.39 is 5.97 Å². The van der Waals surface area contributed by atoms with Crippen LogP contribution in [0, 0.1) is 0 Å². The Kier molecular flexibility index (Phi) is 2.93. The van der Waals surface area contributed by atoms with Gasteiger partial charge in [0.15, 0.2) is 0 Å². The monoisotopic (exact) mass is 272 g/mol. The molecule has 104 valence electrons. The van der Waals surface area contributed by atoms with Crippen LogP contribution in [-0.4, -0.2) is 25.8 Å². The number of fused-ring (bicyclic) bond motifs is 1. The van der Waals surface area contributed by atoms with Gasteiger partial charge in [-0.15, -0.1) is 5.10 Å². The van der Waals surface area contributed by atoms with Gasteiger partial charge in [0, 0.05) is 18.4 Å². The van der Waals surface area contributed by atoms with Gasteiger partial charge in [0.2, 0.25) is 5.95 Å². The van der Waals surface area contributed by atoms with Crippen LogP contribution in [-0.2, 0) is 6.54 Å². The fraction of sp³-hybridized carbons (Fsp3) is 0.357. The molecule has 1 aliphatic rings. The number of aromatic carboxylic acids is 1. The first-order valence-electron chi connectivity index (χ1n) is 6.58. The molecular formula is C14H16N4O2. The smallest absolute Gasteiger partial charge is 0.335 e. The lowest BCUT2D eigenvalue weighted by Crippen LogP contribution is -2.22. The molecule has 2 aromatic rings. The highest BCUT2D eigenvalue weighted by molar-refractivity contribution is 5.87. The van der Waals surface area contributed by atoms with E-state index in [0.717, 1.165) is 17.8 Å². The molecule has 0 radical (unpaired) electrons. The van der Waals surface area contributed by atoms with Crippen molar-refractivity contribution in [1.29, 1.82) is 0 Å². The standard InChI is InChI=1S/C14H16N4O2/c1-8-5-11(7-18-12(8)16-14(15)17-18)9-3-2-4-10(6-9)13(19)20/h2-4,6,8,11H,5,7H2,1H3,(H2,15,17)(H,19,20). The summed E-state index contributed by atoms with van der Waals surface area (Å²) in [5.74, 6) is 0.797. The Bertz CT molecular complexity index is 665. The first-order chi connectivity index (χ1) is 9.54. The normalized spacial score (nSPS) is 21.4. The van der Waals surface area contributed by atoms with Gasteiger partial charge < -0.3 is 10.8 Å². The maximum atomic E-state index is 11.1. The average Bonchev–Trinajstić information content (AvgIpc) is 2.80. The molecule has 0 bridgehead atoms. The molecule has 2 atom stereocenters. The number of nitrogens with two attached hydrogens (primary N) is 1. The number of nitrogens with zero attached hydrogens (tertiary/aromatic N) is 3. The maximum absolute atomic E-state index is 11.1. The molecule has 6 heteroatoms. The van der Waals surface area contributed by atoms with E-state index in [1.807, 2.05) is 10.7 Å². The molecule has 0 amide bonds. The minimum Gasteiger partial charge on any atom is -0.478 e. The quantitative estimate of drug-likeness (QED) is 0.870. The third-order valence-corrected chi connectivity index (χ3v) is 3.79. The number of hydrogen-bond acceptors (Lipinski definition) is 4. The Hall–Kier alpha value is -2.37. The number of aromatic nitrogens is 3. The predicted molar refractivity (Wildman–Crippen MR) is 73.6 cm³/mol. The van der Waals surface area contributed by atoms with Crippen molar-refractivity contribution < 1.29 is 9.90 Å². The van der Waals surface area contributed by atoms with E-state index in [9.17, 15) is 4.79 Å². The number of nitrogen functional groups attached to an aromatic ring is 1. The lowest BCUT2D eigenvalue weighted by atomic mass is 9.86.